The number of esters is 1. The molecular formula is C13H15FN2O6S. The van der Waals surface area contributed by atoms with Gasteiger partial charge in [-0.25, -0.2) is 4.79 Å². The molecule has 0 radical (unpaired) electrons. The number of halogens is 1. The van der Waals surface area contributed by atoms with E-state index < -0.39 is 41.5 Å². The highest BCUT2D eigenvalue weighted by atomic mass is 32.2. The van der Waals surface area contributed by atoms with Crippen LogP contribution in [0.2, 0.25) is 0 Å². The number of rotatable bonds is 4. The fourth-order valence-corrected chi connectivity index (χ4v) is 2.92. The minimum absolute atomic E-state index is 0.105. The fraction of sp³-hybridized carbons (Fsp3) is 0.538. The molecule has 0 amide bonds. The van der Waals surface area contributed by atoms with Gasteiger partial charge in [0.1, 0.15) is 18.4 Å². The summed E-state index contributed by atoms with van der Waals surface area (Å²) in [7, 11) is 0. The summed E-state index contributed by atoms with van der Waals surface area (Å²) >= 11 is 0.992. The van der Waals surface area contributed by atoms with Crippen molar-refractivity contribution in [1.82, 2.24) is 9.55 Å². The first-order chi connectivity index (χ1) is 10.8. The van der Waals surface area contributed by atoms with Crippen LogP contribution in [0.1, 0.15) is 26.5 Å². The van der Waals surface area contributed by atoms with E-state index in [2.05, 4.69) is 0 Å². The molecule has 0 aliphatic carbocycles. The summed E-state index contributed by atoms with van der Waals surface area (Å²) in [5.41, 5.74) is -1.95. The van der Waals surface area contributed by atoms with E-state index in [0.717, 1.165) is 22.5 Å². The predicted molar refractivity (Wildman–Crippen MR) is 78.5 cm³/mol. The monoisotopic (exact) mass is 346 g/mol. The van der Waals surface area contributed by atoms with Gasteiger partial charge >= 0.3 is 11.7 Å². The number of ether oxygens (including phenoxy) is 2. The number of hydrogen-bond donors (Lipinski definition) is 1. The van der Waals surface area contributed by atoms with Crippen molar-refractivity contribution in [2.45, 2.75) is 38.7 Å². The van der Waals surface area contributed by atoms with Gasteiger partial charge in [0.15, 0.2) is 5.12 Å². The summed E-state index contributed by atoms with van der Waals surface area (Å²) in [6.07, 6.45) is -1.35. The highest BCUT2D eigenvalue weighted by Gasteiger charge is 2.39. The zero-order chi connectivity index (χ0) is 17.1. The number of thioether (sulfide) groups is 1. The molecule has 3 unspecified atom stereocenters. The highest BCUT2D eigenvalue weighted by Crippen LogP contribution is 2.31. The molecule has 10 heteroatoms. The van der Waals surface area contributed by atoms with Crippen LogP contribution in [0.25, 0.3) is 0 Å². The molecule has 2 rings (SSSR count). The molecule has 1 aliphatic heterocycles. The fourth-order valence-electron chi connectivity index (χ4n) is 2.23. The number of aromatic amines is 1. The van der Waals surface area contributed by atoms with Crippen molar-refractivity contribution in [3.05, 3.63) is 32.9 Å². The third-order valence-electron chi connectivity index (χ3n) is 3.18. The zero-order valence-corrected chi connectivity index (χ0v) is 13.2. The van der Waals surface area contributed by atoms with Crippen molar-refractivity contribution in [1.29, 1.82) is 0 Å². The molecule has 126 valence electrons. The SMILES string of the molecule is CC(=O)OC1CC(n2cc(F)c(=O)[nH]c2=O)OC1CSC(C)=O. The Balaban J connectivity index is 2.23. The molecule has 3 atom stereocenters. The number of H-pyrrole nitrogens is 1. The summed E-state index contributed by atoms with van der Waals surface area (Å²) in [6, 6.07) is 0. The van der Waals surface area contributed by atoms with Gasteiger partial charge in [0.2, 0.25) is 5.82 Å². The van der Waals surface area contributed by atoms with Crippen LogP contribution in [0.15, 0.2) is 15.8 Å². The van der Waals surface area contributed by atoms with Crippen molar-refractivity contribution in [3.63, 3.8) is 0 Å². The van der Waals surface area contributed by atoms with E-state index in [-0.39, 0.29) is 17.3 Å². The number of nitrogens with zero attached hydrogens (tertiary/aromatic N) is 1. The average Bonchev–Trinajstić information content (AvgIpc) is 2.82. The Kier molecular flexibility index (Phi) is 5.37. The van der Waals surface area contributed by atoms with Gasteiger partial charge in [-0.15, -0.1) is 0 Å². The summed E-state index contributed by atoms with van der Waals surface area (Å²) < 4.78 is 25.0. The summed E-state index contributed by atoms with van der Waals surface area (Å²) in [5.74, 6) is -1.43. The second kappa shape index (κ2) is 7.09. The van der Waals surface area contributed by atoms with E-state index in [1.807, 2.05) is 4.98 Å². The Bertz CT molecular complexity index is 730. The Morgan fingerprint density at radius 2 is 2.17 bits per heavy atom. The second-order valence-corrected chi connectivity index (χ2v) is 6.16. The van der Waals surface area contributed by atoms with Crippen LogP contribution in [-0.2, 0) is 19.1 Å². The number of carbonyl (C=O) groups excluding carboxylic acids is 2. The van der Waals surface area contributed by atoms with Crippen molar-refractivity contribution in [2.24, 2.45) is 0 Å². The molecule has 1 aliphatic rings. The van der Waals surface area contributed by atoms with Gasteiger partial charge < -0.3 is 9.47 Å². The molecule has 1 aromatic rings. The maximum absolute atomic E-state index is 13.4. The molecule has 0 spiro atoms. The Morgan fingerprint density at radius 1 is 1.48 bits per heavy atom. The van der Waals surface area contributed by atoms with Crippen LogP contribution >= 0.6 is 11.8 Å². The van der Waals surface area contributed by atoms with Gasteiger partial charge in [-0.1, -0.05) is 11.8 Å². The normalized spacial score (nSPS) is 23.7. The van der Waals surface area contributed by atoms with E-state index in [1.165, 1.54) is 13.8 Å². The van der Waals surface area contributed by atoms with Crippen molar-refractivity contribution in [3.8, 4) is 0 Å². The van der Waals surface area contributed by atoms with Gasteiger partial charge in [-0.05, 0) is 0 Å². The van der Waals surface area contributed by atoms with Gasteiger partial charge in [0, 0.05) is 26.0 Å². The van der Waals surface area contributed by atoms with Crippen LogP contribution in [0, 0.1) is 5.82 Å². The smallest absolute Gasteiger partial charge is 0.330 e. The lowest BCUT2D eigenvalue weighted by atomic mass is 10.2. The number of carbonyl (C=O) groups is 2. The molecule has 1 saturated heterocycles. The number of hydrogen-bond acceptors (Lipinski definition) is 7. The Morgan fingerprint density at radius 3 is 2.78 bits per heavy atom. The van der Waals surface area contributed by atoms with E-state index >= 15 is 0 Å². The lowest BCUT2D eigenvalue weighted by Crippen LogP contribution is -2.34. The molecule has 1 fully saturated rings. The van der Waals surface area contributed by atoms with Crippen LogP contribution in [0.5, 0.6) is 0 Å². The maximum atomic E-state index is 13.4. The van der Waals surface area contributed by atoms with E-state index in [0.29, 0.717) is 0 Å². The minimum Gasteiger partial charge on any atom is -0.460 e. The largest absolute Gasteiger partial charge is 0.460 e. The summed E-state index contributed by atoms with van der Waals surface area (Å²) in [4.78, 5) is 46.9. The standard InChI is InChI=1S/C13H15FN2O6S/c1-6(17)21-9-3-11(22-10(9)5-23-7(2)18)16-4-8(14)12(19)15-13(16)20/h4,9-11H,3,5H2,1-2H3,(H,15,19,20). The van der Waals surface area contributed by atoms with Gasteiger partial charge in [-0.3, -0.25) is 23.9 Å². The molecule has 8 nitrogen and oxygen atoms in total. The molecule has 1 aromatic heterocycles. The average molecular weight is 346 g/mol. The summed E-state index contributed by atoms with van der Waals surface area (Å²) in [5, 5.41) is -0.133. The van der Waals surface area contributed by atoms with Crippen LogP contribution in [0.3, 0.4) is 0 Å². The van der Waals surface area contributed by atoms with Gasteiger partial charge in [-0.2, -0.15) is 4.39 Å². The first kappa shape index (κ1) is 17.4. The molecule has 23 heavy (non-hydrogen) atoms. The Labute approximate surface area is 134 Å². The van der Waals surface area contributed by atoms with Crippen LogP contribution < -0.4 is 11.2 Å². The van der Waals surface area contributed by atoms with Crippen LogP contribution in [-0.4, -0.2) is 38.6 Å². The quantitative estimate of drug-likeness (QED) is 0.775. The first-order valence-electron chi connectivity index (χ1n) is 6.75. The molecule has 0 aromatic carbocycles. The topological polar surface area (TPSA) is 107 Å². The lowest BCUT2D eigenvalue weighted by Gasteiger charge is -2.17. The molecule has 2 heterocycles. The molecule has 0 bridgehead atoms. The second-order valence-electron chi connectivity index (χ2n) is 4.96. The van der Waals surface area contributed by atoms with E-state index in [4.69, 9.17) is 9.47 Å². The Hall–Kier alpha value is -1.94. The maximum Gasteiger partial charge on any atom is 0.330 e. The van der Waals surface area contributed by atoms with Crippen molar-refractivity contribution >= 4 is 22.8 Å². The van der Waals surface area contributed by atoms with Gasteiger partial charge in [0.05, 0.1) is 6.20 Å². The van der Waals surface area contributed by atoms with Crippen LogP contribution in [0.4, 0.5) is 4.39 Å². The highest BCUT2D eigenvalue weighted by molar-refractivity contribution is 8.13. The lowest BCUT2D eigenvalue weighted by molar-refractivity contribution is -0.148. The predicted octanol–water partition coefficient (Wildman–Crippen LogP) is 0.175. The third kappa shape index (κ3) is 4.29. The molecule has 0 saturated carbocycles. The first-order valence-corrected chi connectivity index (χ1v) is 7.73. The van der Waals surface area contributed by atoms with Crippen molar-refractivity contribution in [2.75, 3.05) is 5.75 Å². The number of aromatic nitrogens is 2. The zero-order valence-electron chi connectivity index (χ0n) is 12.4. The van der Waals surface area contributed by atoms with Crippen molar-refractivity contribution < 1.29 is 23.5 Å². The van der Waals surface area contributed by atoms with E-state index in [9.17, 15) is 23.6 Å². The summed E-state index contributed by atoms with van der Waals surface area (Å²) in [6.45, 7) is 2.62. The molecular weight excluding hydrogens is 331 g/mol. The van der Waals surface area contributed by atoms with E-state index in [1.54, 1.807) is 0 Å². The minimum atomic E-state index is -1.13. The molecule has 1 N–H and O–H groups in total. The van der Waals surface area contributed by atoms with Gasteiger partial charge in [0.25, 0.3) is 5.56 Å². The third-order valence-corrected chi connectivity index (χ3v) is 4.08. The number of nitrogens with one attached hydrogen (secondary N) is 1.